The van der Waals surface area contributed by atoms with E-state index in [0.717, 1.165) is 11.1 Å². The quantitative estimate of drug-likeness (QED) is 0.359. The van der Waals surface area contributed by atoms with Gasteiger partial charge >= 0.3 is 11.8 Å². The molecule has 3 aromatic rings. The highest BCUT2D eigenvalue weighted by Crippen LogP contribution is 2.40. The third-order valence-corrected chi connectivity index (χ3v) is 6.15. The number of halogens is 2. The summed E-state index contributed by atoms with van der Waals surface area (Å²) < 4.78 is 16.9. The van der Waals surface area contributed by atoms with Crippen LogP contribution in [0.4, 0.5) is 16.3 Å². The Labute approximate surface area is 231 Å². The minimum atomic E-state index is -0.917. The molecule has 0 unspecified atom stereocenters. The maximum absolute atomic E-state index is 12.5. The predicted molar refractivity (Wildman–Crippen MR) is 143 cm³/mol. The van der Waals surface area contributed by atoms with Crippen molar-refractivity contribution in [3.05, 3.63) is 55.3 Å². The van der Waals surface area contributed by atoms with E-state index < -0.39 is 23.2 Å². The number of nitrogens with one attached hydrogen (secondary N) is 2. The number of methoxy groups -OCH3 is 1. The summed E-state index contributed by atoms with van der Waals surface area (Å²) in [5.74, 6) is 0.0106. The molecule has 1 aliphatic rings. The molecule has 1 saturated heterocycles. The summed E-state index contributed by atoms with van der Waals surface area (Å²) in [4.78, 5) is 56.7. The molecule has 0 atom stereocenters. The third kappa shape index (κ3) is 6.32. The van der Waals surface area contributed by atoms with E-state index in [0.29, 0.717) is 31.5 Å². The predicted octanol–water partition coefficient (Wildman–Crippen LogP) is 3.90. The van der Waals surface area contributed by atoms with Crippen LogP contribution >= 0.6 is 23.2 Å². The molecular formula is C24H24Cl2N6O7. The Bertz CT molecular complexity index is 1500. The zero-order valence-corrected chi connectivity index (χ0v) is 22.5. The molecule has 15 heteroatoms. The number of amides is 2. The smallest absolute Gasteiger partial charge is 0.413 e. The Morgan fingerprint density at radius 3 is 2.56 bits per heavy atom. The van der Waals surface area contributed by atoms with Gasteiger partial charge in [0.05, 0.1) is 35.6 Å². The van der Waals surface area contributed by atoms with E-state index >= 15 is 0 Å². The maximum Gasteiger partial charge on any atom is 0.413 e. The SMILES string of the molecule is CCCCOC(=O)Nc1nn(-c2cc(Cl)c(Oc3cnc(OC)c(N4CCCC4=O)c3)c(Cl)c2)c(=O)[nH]c1=O. The highest BCUT2D eigenvalue weighted by molar-refractivity contribution is 6.37. The van der Waals surface area contributed by atoms with Gasteiger partial charge in [-0.25, -0.2) is 14.6 Å². The molecule has 13 nitrogen and oxygen atoms in total. The molecule has 3 heterocycles. The van der Waals surface area contributed by atoms with Gasteiger partial charge in [0.1, 0.15) is 11.4 Å². The Morgan fingerprint density at radius 1 is 1.18 bits per heavy atom. The Morgan fingerprint density at radius 2 is 1.92 bits per heavy atom. The lowest BCUT2D eigenvalue weighted by atomic mass is 10.3. The fraction of sp³-hybridized carbons (Fsp3) is 0.333. The average molecular weight is 579 g/mol. The molecule has 206 valence electrons. The number of hydrogen-bond acceptors (Lipinski definition) is 9. The van der Waals surface area contributed by atoms with E-state index in [9.17, 15) is 19.2 Å². The maximum atomic E-state index is 12.5. The van der Waals surface area contributed by atoms with Crippen LogP contribution in [0.3, 0.4) is 0 Å². The molecule has 39 heavy (non-hydrogen) atoms. The topological polar surface area (TPSA) is 158 Å². The first-order valence-electron chi connectivity index (χ1n) is 11.9. The van der Waals surface area contributed by atoms with Gasteiger partial charge in [-0.05, 0) is 25.0 Å². The normalized spacial score (nSPS) is 12.9. The molecule has 1 aliphatic heterocycles. The molecule has 0 radical (unpaired) electrons. The summed E-state index contributed by atoms with van der Waals surface area (Å²) in [6, 6.07) is 4.25. The number of hydrogen-bond donors (Lipinski definition) is 2. The number of nitrogens with zero attached hydrogens (tertiary/aromatic N) is 4. The lowest BCUT2D eigenvalue weighted by Gasteiger charge is -2.19. The van der Waals surface area contributed by atoms with E-state index in [1.54, 1.807) is 11.0 Å². The summed E-state index contributed by atoms with van der Waals surface area (Å²) in [5.41, 5.74) is -1.29. The Balaban J connectivity index is 1.62. The van der Waals surface area contributed by atoms with Crippen LogP contribution in [0.15, 0.2) is 34.0 Å². The van der Waals surface area contributed by atoms with Crippen LogP contribution in [0.25, 0.3) is 5.69 Å². The number of aromatic amines is 1. The highest BCUT2D eigenvalue weighted by Gasteiger charge is 2.26. The number of carbonyl (C=O) groups is 2. The minimum Gasteiger partial charge on any atom is -0.480 e. The van der Waals surface area contributed by atoms with Crippen LogP contribution in [0.1, 0.15) is 32.6 Å². The number of aromatic nitrogens is 4. The Kier molecular flexibility index (Phi) is 8.72. The molecule has 1 aromatic carbocycles. The van der Waals surface area contributed by atoms with E-state index in [-0.39, 0.29) is 45.6 Å². The zero-order valence-electron chi connectivity index (χ0n) is 21.0. The van der Waals surface area contributed by atoms with E-state index in [2.05, 4.69) is 20.4 Å². The molecule has 2 N–H and O–H groups in total. The van der Waals surface area contributed by atoms with Gasteiger partial charge in [-0.3, -0.25) is 19.9 Å². The lowest BCUT2D eigenvalue weighted by Crippen LogP contribution is -2.34. The average Bonchev–Trinajstić information content (AvgIpc) is 3.33. The molecule has 0 aliphatic carbocycles. The standard InChI is InChI=1S/C24H24Cl2N6O7/c1-3-4-8-38-24(36)28-20-21(34)29-23(35)32(30-20)13-9-15(25)19(16(26)10-13)39-14-11-17(22(37-2)27-12-14)31-7-5-6-18(31)33/h9-12H,3-8H2,1-2H3,(H,28,30,36)(H,29,34,35). The molecule has 1 fully saturated rings. The number of H-pyrrole nitrogens is 1. The summed E-state index contributed by atoms with van der Waals surface area (Å²) in [7, 11) is 1.45. The number of anilines is 2. The largest absolute Gasteiger partial charge is 0.480 e. The number of rotatable bonds is 9. The van der Waals surface area contributed by atoms with Gasteiger partial charge < -0.3 is 19.1 Å². The van der Waals surface area contributed by atoms with Gasteiger partial charge in [-0.1, -0.05) is 36.5 Å². The van der Waals surface area contributed by atoms with Crippen LogP contribution in [-0.2, 0) is 9.53 Å². The molecule has 0 bridgehead atoms. The molecule has 4 rings (SSSR count). The van der Waals surface area contributed by atoms with Crippen molar-refractivity contribution in [2.75, 3.05) is 30.5 Å². The summed E-state index contributed by atoms with van der Waals surface area (Å²) in [6.45, 7) is 2.61. The number of unbranched alkanes of at least 4 members (excludes halogenated alkanes) is 1. The van der Waals surface area contributed by atoms with Crippen LogP contribution < -0.4 is 30.9 Å². The summed E-state index contributed by atoms with van der Waals surface area (Å²) in [5, 5.41) is 6.13. The molecule has 2 aromatic heterocycles. The zero-order chi connectivity index (χ0) is 28.1. The number of pyridine rings is 1. The van der Waals surface area contributed by atoms with Crippen LogP contribution in [0, 0.1) is 0 Å². The molecule has 2 amide bonds. The van der Waals surface area contributed by atoms with Crippen LogP contribution in [0.2, 0.25) is 10.0 Å². The van der Waals surface area contributed by atoms with Gasteiger partial charge in [0, 0.05) is 19.0 Å². The van der Waals surface area contributed by atoms with Gasteiger partial charge in [0.2, 0.25) is 17.6 Å². The minimum absolute atomic E-state index is 0.000464. The van der Waals surface area contributed by atoms with E-state index in [4.69, 9.17) is 37.4 Å². The lowest BCUT2D eigenvalue weighted by molar-refractivity contribution is -0.117. The van der Waals surface area contributed by atoms with Crippen molar-refractivity contribution in [3.8, 4) is 23.1 Å². The van der Waals surface area contributed by atoms with Crippen molar-refractivity contribution in [2.24, 2.45) is 0 Å². The van der Waals surface area contributed by atoms with E-state index in [1.807, 2.05) is 6.92 Å². The van der Waals surface area contributed by atoms with Crippen molar-refractivity contribution in [3.63, 3.8) is 0 Å². The number of ether oxygens (including phenoxy) is 3. The Hall–Kier alpha value is -4.10. The van der Waals surface area contributed by atoms with Crippen molar-refractivity contribution < 1.29 is 23.8 Å². The fourth-order valence-corrected chi connectivity index (χ4v) is 4.27. The fourth-order valence-electron chi connectivity index (χ4n) is 3.71. The monoisotopic (exact) mass is 578 g/mol. The second kappa shape index (κ2) is 12.2. The van der Waals surface area contributed by atoms with Gasteiger partial charge in [0.25, 0.3) is 5.56 Å². The van der Waals surface area contributed by atoms with E-state index in [1.165, 1.54) is 25.4 Å². The summed E-state index contributed by atoms with van der Waals surface area (Å²) >= 11 is 12.9. The van der Waals surface area contributed by atoms with Crippen molar-refractivity contribution in [1.29, 1.82) is 0 Å². The first-order valence-corrected chi connectivity index (χ1v) is 12.7. The number of benzene rings is 1. The second-order valence-corrected chi connectivity index (χ2v) is 9.14. The van der Waals surface area contributed by atoms with Gasteiger partial charge in [-0.2, -0.15) is 4.68 Å². The van der Waals surface area contributed by atoms with Gasteiger partial charge in [-0.15, -0.1) is 5.10 Å². The molecule has 0 saturated carbocycles. The third-order valence-electron chi connectivity index (χ3n) is 5.59. The highest BCUT2D eigenvalue weighted by atomic mass is 35.5. The summed E-state index contributed by atoms with van der Waals surface area (Å²) in [6.07, 6.45) is 3.08. The first-order chi connectivity index (χ1) is 18.7. The first kappa shape index (κ1) is 27.9. The van der Waals surface area contributed by atoms with Crippen LogP contribution in [0.5, 0.6) is 17.4 Å². The number of carbonyl (C=O) groups excluding carboxylic acids is 2. The van der Waals surface area contributed by atoms with Crippen molar-refractivity contribution >= 4 is 46.7 Å². The second-order valence-electron chi connectivity index (χ2n) is 8.32. The molecular weight excluding hydrogens is 555 g/mol. The molecule has 0 spiro atoms. The van der Waals surface area contributed by atoms with Crippen LogP contribution in [-0.4, -0.2) is 52.0 Å². The van der Waals surface area contributed by atoms with Gasteiger partial charge in [0.15, 0.2) is 5.75 Å². The van der Waals surface area contributed by atoms with Crippen molar-refractivity contribution in [1.82, 2.24) is 19.7 Å². The van der Waals surface area contributed by atoms with Crippen molar-refractivity contribution in [2.45, 2.75) is 32.6 Å².